The van der Waals surface area contributed by atoms with Crippen LogP contribution in [0.1, 0.15) is 61.3 Å². The van der Waals surface area contributed by atoms with Crippen molar-refractivity contribution in [3.8, 4) is 0 Å². The first kappa shape index (κ1) is 11.7. The van der Waals surface area contributed by atoms with E-state index in [2.05, 4.69) is 46.8 Å². The van der Waals surface area contributed by atoms with Crippen LogP contribution >= 0.6 is 0 Å². The normalized spacial score (nSPS) is 23.7. The first-order chi connectivity index (χ1) is 7.39. The maximum absolute atomic E-state index is 2.41. The number of hydrogen-bond acceptors (Lipinski definition) is 0. The van der Waals surface area contributed by atoms with Crippen LogP contribution < -0.4 is 0 Å². The van der Waals surface area contributed by atoms with Gasteiger partial charge in [-0.3, -0.25) is 0 Å². The van der Waals surface area contributed by atoms with E-state index >= 15 is 0 Å². The lowest BCUT2D eigenvalue weighted by molar-refractivity contribution is 0.376. The van der Waals surface area contributed by atoms with Gasteiger partial charge in [0.05, 0.1) is 0 Å². The summed E-state index contributed by atoms with van der Waals surface area (Å²) in [6, 6.07) is 4.82. The Morgan fingerprint density at radius 3 is 2.06 bits per heavy atom. The second-order valence-electron chi connectivity index (χ2n) is 6.38. The summed E-state index contributed by atoms with van der Waals surface area (Å²) >= 11 is 0. The van der Waals surface area contributed by atoms with Crippen molar-refractivity contribution >= 4 is 0 Å². The summed E-state index contributed by atoms with van der Waals surface area (Å²) in [5.41, 5.74) is 6.50. The third kappa shape index (κ3) is 2.16. The second kappa shape index (κ2) is 3.91. The minimum absolute atomic E-state index is 0.553. The van der Waals surface area contributed by atoms with E-state index in [1.165, 1.54) is 36.0 Å². The minimum Gasteiger partial charge on any atom is -0.0599 e. The Kier molecular flexibility index (Phi) is 2.86. The van der Waals surface area contributed by atoms with Crippen molar-refractivity contribution in [1.82, 2.24) is 0 Å². The van der Waals surface area contributed by atoms with Crippen LogP contribution in [-0.4, -0.2) is 0 Å². The molecule has 88 valence electrons. The quantitative estimate of drug-likeness (QED) is 0.626. The van der Waals surface area contributed by atoms with Gasteiger partial charge in [0.25, 0.3) is 0 Å². The SMILES string of the molecule is Cc1cc(C2CCC(C)(C)C2)cc(C)c1C. The zero-order chi connectivity index (χ0) is 11.9. The average molecular weight is 216 g/mol. The van der Waals surface area contributed by atoms with E-state index in [-0.39, 0.29) is 0 Å². The molecule has 0 aliphatic heterocycles. The topological polar surface area (TPSA) is 0 Å². The van der Waals surface area contributed by atoms with E-state index < -0.39 is 0 Å². The molecule has 1 aromatic carbocycles. The Morgan fingerprint density at radius 2 is 1.62 bits per heavy atom. The van der Waals surface area contributed by atoms with Gasteiger partial charge in [0, 0.05) is 0 Å². The van der Waals surface area contributed by atoms with Crippen molar-refractivity contribution in [3.05, 3.63) is 34.4 Å². The first-order valence-electron chi connectivity index (χ1n) is 6.47. The highest BCUT2D eigenvalue weighted by Crippen LogP contribution is 2.46. The molecule has 1 aliphatic carbocycles. The van der Waals surface area contributed by atoms with Gasteiger partial charge in [-0.15, -0.1) is 0 Å². The lowest BCUT2D eigenvalue weighted by Crippen LogP contribution is -2.05. The summed E-state index contributed by atoms with van der Waals surface area (Å²) in [5, 5.41) is 0. The van der Waals surface area contributed by atoms with Crippen molar-refractivity contribution in [1.29, 1.82) is 0 Å². The molecule has 0 heteroatoms. The molecule has 1 unspecified atom stereocenters. The van der Waals surface area contributed by atoms with Gasteiger partial charge in [-0.05, 0) is 73.6 Å². The molecule has 0 N–H and O–H groups in total. The Morgan fingerprint density at radius 1 is 1.06 bits per heavy atom. The van der Waals surface area contributed by atoms with Crippen molar-refractivity contribution < 1.29 is 0 Å². The maximum atomic E-state index is 2.41. The Balaban J connectivity index is 2.29. The van der Waals surface area contributed by atoms with Crippen LogP contribution in [0.3, 0.4) is 0 Å². The van der Waals surface area contributed by atoms with Crippen molar-refractivity contribution in [3.63, 3.8) is 0 Å². The highest BCUT2D eigenvalue weighted by Gasteiger charge is 2.31. The molecule has 0 amide bonds. The number of aryl methyl sites for hydroxylation is 2. The molecule has 0 aromatic heterocycles. The van der Waals surface area contributed by atoms with E-state index in [4.69, 9.17) is 0 Å². The van der Waals surface area contributed by atoms with Gasteiger partial charge >= 0.3 is 0 Å². The molecule has 2 rings (SSSR count). The van der Waals surface area contributed by atoms with E-state index in [1.54, 1.807) is 5.56 Å². The van der Waals surface area contributed by atoms with Crippen LogP contribution in [0.15, 0.2) is 12.1 Å². The van der Waals surface area contributed by atoms with Crippen molar-refractivity contribution in [2.75, 3.05) is 0 Å². The summed E-state index contributed by atoms with van der Waals surface area (Å²) in [5.74, 6) is 0.799. The zero-order valence-electron chi connectivity index (χ0n) is 11.4. The third-order valence-corrected chi connectivity index (χ3v) is 4.39. The summed E-state index contributed by atoms with van der Waals surface area (Å²) in [6.45, 7) is 11.5. The van der Waals surface area contributed by atoms with Gasteiger partial charge < -0.3 is 0 Å². The molecule has 1 aliphatic rings. The predicted octanol–water partition coefficient (Wildman–Crippen LogP) is 4.91. The minimum atomic E-state index is 0.553. The summed E-state index contributed by atoms with van der Waals surface area (Å²) in [6.07, 6.45) is 4.10. The lowest BCUT2D eigenvalue weighted by Gasteiger charge is -2.18. The molecular weight excluding hydrogens is 192 g/mol. The van der Waals surface area contributed by atoms with Gasteiger partial charge in [-0.2, -0.15) is 0 Å². The molecule has 1 fully saturated rings. The highest BCUT2D eigenvalue weighted by molar-refractivity contribution is 5.38. The van der Waals surface area contributed by atoms with E-state index in [9.17, 15) is 0 Å². The predicted molar refractivity (Wildman–Crippen MR) is 71.0 cm³/mol. The molecule has 0 nitrogen and oxygen atoms in total. The molecule has 0 radical (unpaired) electrons. The first-order valence-corrected chi connectivity index (χ1v) is 6.47. The molecular formula is C16H24. The molecule has 1 atom stereocenters. The van der Waals surface area contributed by atoms with Gasteiger partial charge in [0.1, 0.15) is 0 Å². The van der Waals surface area contributed by atoms with E-state index in [0.717, 1.165) is 5.92 Å². The van der Waals surface area contributed by atoms with Crippen LogP contribution in [0.25, 0.3) is 0 Å². The fourth-order valence-corrected chi connectivity index (χ4v) is 3.03. The van der Waals surface area contributed by atoms with E-state index in [1.807, 2.05) is 0 Å². The molecule has 1 aromatic rings. The average Bonchev–Trinajstić information content (AvgIpc) is 2.54. The van der Waals surface area contributed by atoms with Gasteiger partial charge in [-0.1, -0.05) is 26.0 Å². The van der Waals surface area contributed by atoms with Crippen LogP contribution in [0.4, 0.5) is 0 Å². The summed E-state index contributed by atoms with van der Waals surface area (Å²) in [4.78, 5) is 0. The van der Waals surface area contributed by atoms with Crippen LogP contribution in [-0.2, 0) is 0 Å². The molecule has 16 heavy (non-hydrogen) atoms. The third-order valence-electron chi connectivity index (χ3n) is 4.39. The molecule has 1 saturated carbocycles. The van der Waals surface area contributed by atoms with Crippen molar-refractivity contribution in [2.45, 2.75) is 59.8 Å². The van der Waals surface area contributed by atoms with Crippen LogP contribution in [0.5, 0.6) is 0 Å². The fraction of sp³-hybridized carbons (Fsp3) is 0.625. The van der Waals surface area contributed by atoms with Gasteiger partial charge in [-0.25, -0.2) is 0 Å². The lowest BCUT2D eigenvalue weighted by atomic mass is 9.87. The Hall–Kier alpha value is -0.780. The number of hydrogen-bond donors (Lipinski definition) is 0. The largest absolute Gasteiger partial charge is 0.0599 e. The van der Waals surface area contributed by atoms with Gasteiger partial charge in [0.15, 0.2) is 0 Å². The fourth-order valence-electron chi connectivity index (χ4n) is 3.03. The monoisotopic (exact) mass is 216 g/mol. The van der Waals surface area contributed by atoms with Gasteiger partial charge in [0.2, 0.25) is 0 Å². The number of rotatable bonds is 1. The zero-order valence-corrected chi connectivity index (χ0v) is 11.4. The molecule has 0 spiro atoms. The smallest absolute Gasteiger partial charge is 0.0156 e. The molecule has 0 bridgehead atoms. The Bertz CT molecular complexity index is 375. The summed E-state index contributed by atoms with van der Waals surface area (Å²) in [7, 11) is 0. The summed E-state index contributed by atoms with van der Waals surface area (Å²) < 4.78 is 0. The molecule has 0 saturated heterocycles. The molecule has 0 heterocycles. The van der Waals surface area contributed by atoms with Crippen LogP contribution in [0.2, 0.25) is 0 Å². The standard InChI is InChI=1S/C16H24/c1-11-8-15(9-12(2)13(11)3)14-6-7-16(4,5)10-14/h8-9,14H,6-7,10H2,1-5H3. The number of benzene rings is 1. The highest BCUT2D eigenvalue weighted by atomic mass is 14.4. The van der Waals surface area contributed by atoms with E-state index in [0.29, 0.717) is 5.41 Å². The Labute approximate surface area is 100 Å². The maximum Gasteiger partial charge on any atom is -0.0156 e. The van der Waals surface area contributed by atoms with Crippen molar-refractivity contribution in [2.24, 2.45) is 5.41 Å². The van der Waals surface area contributed by atoms with Crippen LogP contribution in [0, 0.1) is 26.2 Å². The second-order valence-corrected chi connectivity index (χ2v) is 6.38.